The molecular formula is C19H21NO. The van der Waals surface area contributed by atoms with Gasteiger partial charge in [0.25, 0.3) is 0 Å². The molecule has 0 saturated heterocycles. The highest BCUT2D eigenvalue weighted by Crippen LogP contribution is 2.22. The summed E-state index contributed by atoms with van der Waals surface area (Å²) in [5.74, 6) is 0.891. The molecule has 0 radical (unpaired) electrons. The van der Waals surface area contributed by atoms with Gasteiger partial charge in [0.1, 0.15) is 12.4 Å². The topological polar surface area (TPSA) is 21.3 Å². The Bertz CT molecular complexity index is 585. The van der Waals surface area contributed by atoms with E-state index in [1.807, 2.05) is 18.2 Å². The van der Waals surface area contributed by atoms with Gasteiger partial charge in [0.2, 0.25) is 0 Å². The van der Waals surface area contributed by atoms with Crippen molar-refractivity contribution in [2.75, 3.05) is 13.2 Å². The Kier molecular flexibility index (Phi) is 4.37. The third kappa shape index (κ3) is 4.20. The predicted octanol–water partition coefficient (Wildman–Crippen LogP) is 4.04. The monoisotopic (exact) mass is 279 g/mol. The number of hydrogen-bond acceptors (Lipinski definition) is 2. The van der Waals surface area contributed by atoms with Crippen molar-refractivity contribution in [3.63, 3.8) is 0 Å². The molecule has 21 heavy (non-hydrogen) atoms. The van der Waals surface area contributed by atoms with Crippen molar-refractivity contribution in [1.29, 1.82) is 0 Å². The number of benzene rings is 2. The summed E-state index contributed by atoms with van der Waals surface area (Å²) in [4.78, 5) is 0. The third-order valence-corrected chi connectivity index (χ3v) is 3.62. The summed E-state index contributed by atoms with van der Waals surface area (Å²) in [6.45, 7) is 5.47. The highest BCUT2D eigenvalue weighted by atomic mass is 16.5. The van der Waals surface area contributed by atoms with Crippen molar-refractivity contribution in [2.24, 2.45) is 0 Å². The first kappa shape index (κ1) is 13.9. The van der Waals surface area contributed by atoms with Crippen molar-refractivity contribution in [1.82, 2.24) is 5.32 Å². The number of nitrogens with one attached hydrogen (secondary N) is 1. The van der Waals surface area contributed by atoms with Crippen molar-refractivity contribution >= 4 is 0 Å². The van der Waals surface area contributed by atoms with Gasteiger partial charge in [-0.2, -0.15) is 0 Å². The SMILES string of the molecule is C=C(CNC1CC1)COc1ccc(-c2ccccc2)cc1. The van der Waals surface area contributed by atoms with Crippen LogP contribution in [0.4, 0.5) is 0 Å². The van der Waals surface area contributed by atoms with Crippen molar-refractivity contribution in [3.05, 3.63) is 66.7 Å². The van der Waals surface area contributed by atoms with Crippen molar-refractivity contribution < 1.29 is 4.74 Å². The molecule has 0 aromatic heterocycles. The standard InChI is InChI=1S/C19H21NO/c1-15(13-20-18-9-10-18)14-21-19-11-7-17(8-12-19)16-5-3-2-4-6-16/h2-8,11-12,18,20H,1,9-10,13-14H2. The molecule has 108 valence electrons. The molecule has 2 heteroatoms. The van der Waals surface area contributed by atoms with Crippen LogP contribution in [0, 0.1) is 0 Å². The fourth-order valence-corrected chi connectivity index (χ4v) is 2.19. The van der Waals surface area contributed by atoms with Gasteiger partial charge in [-0.3, -0.25) is 0 Å². The predicted molar refractivity (Wildman–Crippen MR) is 87.5 cm³/mol. The Morgan fingerprint density at radius 2 is 1.67 bits per heavy atom. The lowest BCUT2D eigenvalue weighted by Crippen LogP contribution is -2.21. The van der Waals surface area contributed by atoms with Gasteiger partial charge in [0.15, 0.2) is 0 Å². The van der Waals surface area contributed by atoms with Crippen molar-refractivity contribution in [2.45, 2.75) is 18.9 Å². The van der Waals surface area contributed by atoms with Gasteiger partial charge >= 0.3 is 0 Å². The largest absolute Gasteiger partial charge is 0.489 e. The lowest BCUT2D eigenvalue weighted by molar-refractivity contribution is 0.348. The van der Waals surface area contributed by atoms with E-state index in [0.717, 1.165) is 17.9 Å². The average Bonchev–Trinajstić information content (AvgIpc) is 3.37. The molecule has 1 saturated carbocycles. The molecule has 0 atom stereocenters. The average molecular weight is 279 g/mol. The summed E-state index contributed by atoms with van der Waals surface area (Å²) < 4.78 is 5.77. The molecule has 0 bridgehead atoms. The first-order valence-corrected chi connectivity index (χ1v) is 7.49. The Hall–Kier alpha value is -2.06. The fraction of sp³-hybridized carbons (Fsp3) is 0.263. The maximum absolute atomic E-state index is 5.77. The minimum atomic E-state index is 0.574. The molecule has 1 aliphatic rings. The maximum Gasteiger partial charge on any atom is 0.119 e. The van der Waals surface area contributed by atoms with E-state index in [9.17, 15) is 0 Å². The lowest BCUT2D eigenvalue weighted by atomic mass is 10.1. The normalized spacial score (nSPS) is 13.9. The molecule has 0 heterocycles. The van der Waals surface area contributed by atoms with E-state index in [4.69, 9.17) is 4.74 Å². The highest BCUT2D eigenvalue weighted by molar-refractivity contribution is 5.63. The quantitative estimate of drug-likeness (QED) is 0.772. The Balaban J connectivity index is 1.51. The second kappa shape index (κ2) is 6.59. The van der Waals surface area contributed by atoms with E-state index in [0.29, 0.717) is 12.6 Å². The lowest BCUT2D eigenvalue weighted by Gasteiger charge is -2.10. The van der Waals surface area contributed by atoms with Crippen LogP contribution in [0.2, 0.25) is 0 Å². The maximum atomic E-state index is 5.77. The second-order valence-corrected chi connectivity index (χ2v) is 5.58. The van der Waals surface area contributed by atoms with Crippen LogP contribution in [0.5, 0.6) is 5.75 Å². The summed E-state index contributed by atoms with van der Waals surface area (Å²) in [7, 11) is 0. The smallest absolute Gasteiger partial charge is 0.119 e. The number of rotatable bonds is 7. The van der Waals surface area contributed by atoms with Gasteiger partial charge in [-0.05, 0) is 41.7 Å². The number of hydrogen-bond donors (Lipinski definition) is 1. The molecule has 1 aliphatic carbocycles. The first-order chi connectivity index (χ1) is 10.3. The van der Waals surface area contributed by atoms with Crippen LogP contribution in [-0.4, -0.2) is 19.2 Å². The first-order valence-electron chi connectivity index (χ1n) is 7.49. The van der Waals surface area contributed by atoms with E-state index >= 15 is 0 Å². The van der Waals surface area contributed by atoms with Crippen LogP contribution >= 0.6 is 0 Å². The molecule has 0 unspecified atom stereocenters. The van der Waals surface area contributed by atoms with E-state index in [1.54, 1.807) is 0 Å². The Labute approximate surface area is 126 Å². The van der Waals surface area contributed by atoms with E-state index in [-0.39, 0.29) is 0 Å². The Morgan fingerprint density at radius 3 is 2.33 bits per heavy atom. The molecule has 2 aromatic carbocycles. The summed E-state index contributed by atoms with van der Waals surface area (Å²) in [6, 6.07) is 19.3. The van der Waals surface area contributed by atoms with Crippen LogP contribution in [0.25, 0.3) is 11.1 Å². The molecule has 1 fully saturated rings. The Morgan fingerprint density at radius 1 is 1.00 bits per heavy atom. The molecule has 0 amide bonds. The zero-order chi connectivity index (χ0) is 14.5. The summed E-state index contributed by atoms with van der Waals surface area (Å²) >= 11 is 0. The molecule has 0 spiro atoms. The van der Waals surface area contributed by atoms with Gasteiger partial charge in [0, 0.05) is 12.6 Å². The van der Waals surface area contributed by atoms with Crippen LogP contribution < -0.4 is 10.1 Å². The van der Waals surface area contributed by atoms with Crippen LogP contribution in [0.3, 0.4) is 0 Å². The van der Waals surface area contributed by atoms with Gasteiger partial charge in [-0.15, -0.1) is 0 Å². The van der Waals surface area contributed by atoms with Gasteiger partial charge < -0.3 is 10.1 Å². The van der Waals surface area contributed by atoms with Crippen LogP contribution in [0.15, 0.2) is 66.7 Å². The second-order valence-electron chi connectivity index (χ2n) is 5.58. The van der Waals surface area contributed by atoms with Crippen LogP contribution in [0.1, 0.15) is 12.8 Å². The molecule has 1 N–H and O–H groups in total. The van der Waals surface area contributed by atoms with Gasteiger partial charge in [-0.1, -0.05) is 49.0 Å². The fourth-order valence-electron chi connectivity index (χ4n) is 2.19. The zero-order valence-electron chi connectivity index (χ0n) is 12.2. The summed E-state index contributed by atoms with van der Waals surface area (Å²) in [5.41, 5.74) is 3.52. The van der Waals surface area contributed by atoms with E-state index in [1.165, 1.54) is 24.0 Å². The zero-order valence-corrected chi connectivity index (χ0v) is 12.2. The molecule has 0 aliphatic heterocycles. The van der Waals surface area contributed by atoms with Gasteiger partial charge in [0.05, 0.1) is 0 Å². The highest BCUT2D eigenvalue weighted by Gasteiger charge is 2.19. The number of ether oxygens (including phenoxy) is 1. The van der Waals surface area contributed by atoms with Crippen LogP contribution in [-0.2, 0) is 0 Å². The summed E-state index contributed by atoms with van der Waals surface area (Å²) in [6.07, 6.45) is 2.60. The van der Waals surface area contributed by atoms with E-state index < -0.39 is 0 Å². The minimum absolute atomic E-state index is 0.574. The molecule has 2 aromatic rings. The molecular weight excluding hydrogens is 258 g/mol. The van der Waals surface area contributed by atoms with Gasteiger partial charge in [-0.25, -0.2) is 0 Å². The molecule has 2 nitrogen and oxygen atoms in total. The molecule has 3 rings (SSSR count). The minimum Gasteiger partial charge on any atom is -0.489 e. The van der Waals surface area contributed by atoms with E-state index in [2.05, 4.69) is 48.3 Å². The summed E-state index contributed by atoms with van der Waals surface area (Å²) in [5, 5.41) is 3.44. The van der Waals surface area contributed by atoms with Crippen molar-refractivity contribution in [3.8, 4) is 16.9 Å². The third-order valence-electron chi connectivity index (χ3n) is 3.62.